The number of carbonyl (C=O) groups is 1. The summed E-state index contributed by atoms with van der Waals surface area (Å²) in [6.45, 7) is 18.7. The molecule has 0 unspecified atom stereocenters. The summed E-state index contributed by atoms with van der Waals surface area (Å²) in [6.07, 6.45) is 4.71. The smallest absolute Gasteiger partial charge is 0.227 e. The second-order valence-electron chi connectivity index (χ2n) is 8.00. The van der Waals surface area contributed by atoms with Gasteiger partial charge in [0.25, 0.3) is 0 Å². The fourth-order valence-electron chi connectivity index (χ4n) is 4.24. The van der Waals surface area contributed by atoms with Gasteiger partial charge in [-0.3, -0.25) is 9.69 Å². The molecule has 0 aromatic heterocycles. The molecule has 0 aromatic carbocycles. The molecule has 2 aliphatic heterocycles. The number of likely N-dealkylation sites (tertiary alicyclic amines) is 2. The van der Waals surface area contributed by atoms with Crippen molar-refractivity contribution in [2.45, 2.75) is 65.5 Å². The zero-order valence-corrected chi connectivity index (χ0v) is 16.3. The van der Waals surface area contributed by atoms with E-state index in [1.165, 1.54) is 32.5 Å². The van der Waals surface area contributed by atoms with Crippen LogP contribution in [0.4, 0.5) is 0 Å². The van der Waals surface area contributed by atoms with Crippen LogP contribution in [0.1, 0.15) is 53.4 Å². The molecule has 2 rings (SSSR count). The predicted octanol–water partition coefficient (Wildman–Crippen LogP) is 3.00. The van der Waals surface area contributed by atoms with Crippen LogP contribution in [-0.4, -0.2) is 72.0 Å². The molecular formula is C20H37N3O. The molecule has 0 aromatic rings. The Kier molecular flexibility index (Phi) is 7.30. The SMILES string of the molecule is C=C(C)CN(CC)C(=O)[C@H]1CCCN(C2CCN(C(C)C)CC2)C1. The average molecular weight is 336 g/mol. The first-order chi connectivity index (χ1) is 11.4. The van der Waals surface area contributed by atoms with Crippen LogP contribution in [0, 0.1) is 5.92 Å². The van der Waals surface area contributed by atoms with Crippen molar-refractivity contribution in [1.29, 1.82) is 0 Å². The Bertz CT molecular complexity index is 427. The second kappa shape index (κ2) is 9.00. The van der Waals surface area contributed by atoms with Crippen LogP contribution in [-0.2, 0) is 4.79 Å². The predicted molar refractivity (Wildman–Crippen MR) is 101 cm³/mol. The van der Waals surface area contributed by atoms with Gasteiger partial charge in [-0.2, -0.15) is 0 Å². The first kappa shape index (κ1) is 19.5. The maximum absolute atomic E-state index is 12.9. The zero-order chi connectivity index (χ0) is 17.7. The molecule has 0 bridgehead atoms. The Balaban J connectivity index is 1.89. The Morgan fingerprint density at radius 2 is 1.88 bits per heavy atom. The van der Waals surface area contributed by atoms with Gasteiger partial charge in [-0.25, -0.2) is 0 Å². The highest BCUT2D eigenvalue weighted by Gasteiger charge is 2.33. The Morgan fingerprint density at radius 3 is 2.42 bits per heavy atom. The average Bonchev–Trinajstić information content (AvgIpc) is 2.59. The molecule has 4 nitrogen and oxygen atoms in total. The standard InChI is InChI=1S/C20H37N3O/c1-6-21(14-16(2)3)20(24)18-8-7-11-23(15-18)19-9-12-22(13-10-19)17(4)5/h17-19H,2,6-15H2,1,3-5H3/t18-/m0/s1. The molecule has 0 N–H and O–H groups in total. The van der Waals surface area contributed by atoms with Gasteiger partial charge in [-0.1, -0.05) is 12.2 Å². The van der Waals surface area contributed by atoms with Gasteiger partial charge in [0.1, 0.15) is 0 Å². The summed E-state index contributed by atoms with van der Waals surface area (Å²) in [5.41, 5.74) is 1.07. The van der Waals surface area contributed by atoms with Gasteiger partial charge in [-0.15, -0.1) is 0 Å². The number of hydrogen-bond donors (Lipinski definition) is 0. The lowest BCUT2D eigenvalue weighted by molar-refractivity contribution is -0.137. The molecule has 2 heterocycles. The van der Waals surface area contributed by atoms with E-state index in [0.29, 0.717) is 24.5 Å². The third-order valence-electron chi connectivity index (χ3n) is 5.70. The van der Waals surface area contributed by atoms with Crippen LogP contribution in [0.3, 0.4) is 0 Å². The van der Waals surface area contributed by atoms with Crippen molar-refractivity contribution < 1.29 is 4.79 Å². The highest BCUT2D eigenvalue weighted by Crippen LogP contribution is 2.25. The third kappa shape index (κ3) is 5.06. The molecule has 1 atom stereocenters. The number of amides is 1. The fourth-order valence-corrected chi connectivity index (χ4v) is 4.24. The summed E-state index contributed by atoms with van der Waals surface area (Å²) < 4.78 is 0. The molecule has 2 fully saturated rings. The highest BCUT2D eigenvalue weighted by molar-refractivity contribution is 5.79. The highest BCUT2D eigenvalue weighted by atomic mass is 16.2. The van der Waals surface area contributed by atoms with Gasteiger partial charge >= 0.3 is 0 Å². The van der Waals surface area contributed by atoms with E-state index in [0.717, 1.165) is 31.5 Å². The van der Waals surface area contributed by atoms with Crippen molar-refractivity contribution in [3.8, 4) is 0 Å². The minimum atomic E-state index is 0.182. The number of rotatable bonds is 6. The van der Waals surface area contributed by atoms with E-state index in [4.69, 9.17) is 0 Å². The number of carbonyl (C=O) groups excluding carboxylic acids is 1. The quantitative estimate of drug-likeness (QED) is 0.698. The van der Waals surface area contributed by atoms with E-state index in [-0.39, 0.29) is 5.92 Å². The molecule has 0 aliphatic carbocycles. The molecule has 4 heteroatoms. The van der Waals surface area contributed by atoms with Gasteiger partial charge in [0.05, 0.1) is 5.92 Å². The summed E-state index contributed by atoms with van der Waals surface area (Å²) in [4.78, 5) is 20.1. The normalized spacial score (nSPS) is 24.3. The van der Waals surface area contributed by atoms with Gasteiger partial charge < -0.3 is 9.80 Å². The van der Waals surface area contributed by atoms with Gasteiger partial charge in [0.15, 0.2) is 0 Å². The van der Waals surface area contributed by atoms with Crippen LogP contribution in [0.2, 0.25) is 0 Å². The van der Waals surface area contributed by atoms with E-state index in [1.807, 2.05) is 11.8 Å². The van der Waals surface area contributed by atoms with E-state index >= 15 is 0 Å². The van der Waals surface area contributed by atoms with Crippen molar-refractivity contribution in [3.63, 3.8) is 0 Å². The first-order valence-corrected chi connectivity index (χ1v) is 9.83. The Labute approximate surface area is 148 Å². The van der Waals surface area contributed by atoms with Crippen molar-refractivity contribution in [2.24, 2.45) is 5.92 Å². The molecule has 0 saturated carbocycles. The van der Waals surface area contributed by atoms with Crippen molar-refractivity contribution in [1.82, 2.24) is 14.7 Å². The monoisotopic (exact) mass is 335 g/mol. The molecule has 2 saturated heterocycles. The van der Waals surface area contributed by atoms with Crippen molar-refractivity contribution in [3.05, 3.63) is 12.2 Å². The number of likely N-dealkylation sites (N-methyl/N-ethyl adjacent to an activating group) is 1. The minimum Gasteiger partial charge on any atom is -0.339 e. The van der Waals surface area contributed by atoms with Gasteiger partial charge in [0, 0.05) is 31.7 Å². The summed E-state index contributed by atoms with van der Waals surface area (Å²) in [5.74, 6) is 0.519. The van der Waals surface area contributed by atoms with Gasteiger partial charge in [0.2, 0.25) is 5.91 Å². The summed E-state index contributed by atoms with van der Waals surface area (Å²) in [5, 5.41) is 0. The molecule has 0 radical (unpaired) electrons. The molecule has 0 spiro atoms. The maximum Gasteiger partial charge on any atom is 0.227 e. The fraction of sp³-hybridized carbons (Fsp3) is 0.850. The van der Waals surface area contributed by atoms with E-state index in [9.17, 15) is 4.79 Å². The minimum absolute atomic E-state index is 0.182. The lowest BCUT2D eigenvalue weighted by Gasteiger charge is -2.43. The molecule has 24 heavy (non-hydrogen) atoms. The van der Waals surface area contributed by atoms with Crippen molar-refractivity contribution >= 4 is 5.91 Å². The lowest BCUT2D eigenvalue weighted by Crippen LogP contribution is -2.52. The maximum atomic E-state index is 12.9. The summed E-state index contributed by atoms with van der Waals surface area (Å²) in [7, 11) is 0. The summed E-state index contributed by atoms with van der Waals surface area (Å²) >= 11 is 0. The summed E-state index contributed by atoms with van der Waals surface area (Å²) in [6, 6.07) is 1.33. The number of nitrogens with zero attached hydrogens (tertiary/aromatic N) is 3. The topological polar surface area (TPSA) is 26.8 Å². The second-order valence-corrected chi connectivity index (χ2v) is 8.00. The lowest BCUT2D eigenvalue weighted by atomic mass is 9.92. The van der Waals surface area contributed by atoms with Crippen LogP contribution >= 0.6 is 0 Å². The van der Waals surface area contributed by atoms with Crippen LogP contribution < -0.4 is 0 Å². The van der Waals surface area contributed by atoms with Crippen LogP contribution in [0.25, 0.3) is 0 Å². The Morgan fingerprint density at radius 1 is 1.21 bits per heavy atom. The largest absolute Gasteiger partial charge is 0.339 e. The van der Waals surface area contributed by atoms with E-state index < -0.39 is 0 Å². The number of piperidine rings is 2. The molecule has 1 amide bonds. The van der Waals surface area contributed by atoms with Gasteiger partial charge in [-0.05, 0) is 73.0 Å². The van der Waals surface area contributed by atoms with E-state index in [1.54, 1.807) is 0 Å². The van der Waals surface area contributed by atoms with Crippen molar-refractivity contribution in [2.75, 3.05) is 39.3 Å². The molecule has 138 valence electrons. The molecule has 2 aliphatic rings. The molecular weight excluding hydrogens is 298 g/mol. The van der Waals surface area contributed by atoms with Crippen LogP contribution in [0.5, 0.6) is 0 Å². The zero-order valence-electron chi connectivity index (χ0n) is 16.3. The van der Waals surface area contributed by atoms with Crippen LogP contribution in [0.15, 0.2) is 12.2 Å². The van der Waals surface area contributed by atoms with E-state index in [2.05, 4.69) is 37.1 Å². The first-order valence-electron chi connectivity index (χ1n) is 9.83. The Hall–Kier alpha value is -0.870. The number of hydrogen-bond acceptors (Lipinski definition) is 3. The third-order valence-corrected chi connectivity index (χ3v) is 5.70.